The minimum absolute atomic E-state index is 0.00405. The first-order valence-electron chi connectivity index (χ1n) is 16.0. The normalized spacial score (nSPS) is 30.6. The van der Waals surface area contributed by atoms with E-state index < -0.39 is 17.4 Å². The maximum absolute atomic E-state index is 13.9. The molecular weight excluding hydrogens is 606 g/mol. The van der Waals surface area contributed by atoms with Crippen molar-refractivity contribution in [1.82, 2.24) is 25.0 Å². The van der Waals surface area contributed by atoms with Crippen LogP contribution in [0.5, 0.6) is 0 Å². The molecule has 4 heterocycles. The second-order valence-corrected chi connectivity index (χ2v) is 13.7. The summed E-state index contributed by atoms with van der Waals surface area (Å²) in [6.45, 7) is 7.51. The molecule has 0 bridgehead atoms. The van der Waals surface area contributed by atoms with Crippen LogP contribution in [-0.2, 0) is 23.7 Å². The summed E-state index contributed by atoms with van der Waals surface area (Å²) in [6, 6.07) is 3.86. The molecule has 1 aromatic carbocycles. The van der Waals surface area contributed by atoms with Crippen LogP contribution < -0.4 is 5.32 Å². The molecule has 7 rings (SSSR count). The van der Waals surface area contributed by atoms with Gasteiger partial charge in [-0.15, -0.1) is 5.10 Å². The van der Waals surface area contributed by atoms with E-state index in [4.69, 9.17) is 33.7 Å². The Labute approximate surface area is 265 Å². The molecule has 45 heavy (non-hydrogen) atoms. The van der Waals surface area contributed by atoms with Crippen molar-refractivity contribution in [2.24, 2.45) is 0 Å². The van der Waals surface area contributed by atoms with Crippen molar-refractivity contribution >= 4 is 28.7 Å². The van der Waals surface area contributed by atoms with Crippen LogP contribution in [0.3, 0.4) is 0 Å². The molecule has 0 amide bonds. The first-order chi connectivity index (χ1) is 21.8. The SMILES string of the molecule is CCCSc1nc(NC2C[C@H]2c2ccc(F)c(F)c2)c2nnn(C3C[C@H](OCCOC4CCCCO4)[C@H]4OC(C)(C)O[C@@H]34)c2n1. The zero-order valence-corrected chi connectivity index (χ0v) is 26.6. The summed E-state index contributed by atoms with van der Waals surface area (Å²) < 4.78 is 59.9. The van der Waals surface area contributed by atoms with E-state index in [1.54, 1.807) is 17.8 Å². The van der Waals surface area contributed by atoms with E-state index in [-0.39, 0.29) is 42.6 Å². The number of hydrogen-bond acceptors (Lipinski definition) is 11. The van der Waals surface area contributed by atoms with Gasteiger partial charge in [0.15, 0.2) is 45.8 Å². The Morgan fingerprint density at radius 2 is 1.91 bits per heavy atom. The number of nitrogens with zero attached hydrogens (tertiary/aromatic N) is 5. The number of benzene rings is 1. The van der Waals surface area contributed by atoms with Crippen LogP contribution in [0.1, 0.15) is 76.8 Å². The van der Waals surface area contributed by atoms with Gasteiger partial charge in [-0.2, -0.15) is 0 Å². The highest BCUT2D eigenvalue weighted by atomic mass is 32.2. The van der Waals surface area contributed by atoms with Crippen molar-refractivity contribution in [2.45, 2.75) is 113 Å². The molecule has 4 aliphatic rings. The van der Waals surface area contributed by atoms with Crippen LogP contribution in [0.4, 0.5) is 14.6 Å². The fourth-order valence-corrected chi connectivity index (χ4v) is 7.26. The van der Waals surface area contributed by atoms with E-state index in [1.807, 2.05) is 18.5 Å². The lowest BCUT2D eigenvalue weighted by Crippen LogP contribution is -2.32. The molecule has 2 aliphatic carbocycles. The van der Waals surface area contributed by atoms with Crippen LogP contribution in [0.25, 0.3) is 11.2 Å². The lowest BCUT2D eigenvalue weighted by atomic mass is 10.1. The van der Waals surface area contributed by atoms with Gasteiger partial charge in [-0.1, -0.05) is 30.0 Å². The average molecular weight is 647 g/mol. The van der Waals surface area contributed by atoms with Gasteiger partial charge in [-0.05, 0) is 63.6 Å². The quantitative estimate of drug-likeness (QED) is 0.156. The molecule has 11 nitrogen and oxygen atoms in total. The number of halogens is 2. The Morgan fingerprint density at radius 1 is 1.07 bits per heavy atom. The zero-order chi connectivity index (χ0) is 31.1. The summed E-state index contributed by atoms with van der Waals surface area (Å²) in [6.07, 6.45) is 4.45. The van der Waals surface area contributed by atoms with Gasteiger partial charge >= 0.3 is 0 Å². The highest BCUT2D eigenvalue weighted by Gasteiger charge is 2.56. The topological polar surface area (TPSA) is 115 Å². The van der Waals surface area contributed by atoms with Gasteiger partial charge in [0.25, 0.3) is 0 Å². The highest BCUT2D eigenvalue weighted by Crippen LogP contribution is 2.47. The van der Waals surface area contributed by atoms with E-state index in [0.717, 1.165) is 50.0 Å². The lowest BCUT2D eigenvalue weighted by molar-refractivity contribution is -0.184. The first kappa shape index (κ1) is 31.1. The van der Waals surface area contributed by atoms with E-state index >= 15 is 0 Å². The van der Waals surface area contributed by atoms with Crippen LogP contribution in [-0.4, -0.2) is 87.0 Å². The Hall–Kier alpha value is -2.49. The summed E-state index contributed by atoms with van der Waals surface area (Å²) >= 11 is 1.57. The maximum Gasteiger partial charge on any atom is 0.191 e. The van der Waals surface area contributed by atoms with Crippen LogP contribution in [0.2, 0.25) is 0 Å². The molecular formula is C31H40F2N6O5S. The zero-order valence-electron chi connectivity index (χ0n) is 25.8. The summed E-state index contributed by atoms with van der Waals surface area (Å²) in [5.41, 5.74) is 1.90. The minimum atomic E-state index is -0.847. The number of ether oxygens (including phenoxy) is 5. The number of fused-ring (bicyclic) bond motifs is 2. The predicted molar refractivity (Wildman–Crippen MR) is 162 cm³/mol. The molecule has 2 saturated carbocycles. The molecule has 4 fully saturated rings. The van der Waals surface area contributed by atoms with E-state index in [9.17, 15) is 8.78 Å². The monoisotopic (exact) mass is 646 g/mol. The first-order valence-corrected chi connectivity index (χ1v) is 17.0. The highest BCUT2D eigenvalue weighted by molar-refractivity contribution is 7.99. The number of nitrogens with one attached hydrogen (secondary N) is 1. The van der Waals surface area contributed by atoms with E-state index in [0.29, 0.717) is 41.8 Å². The molecule has 0 spiro atoms. The van der Waals surface area contributed by atoms with Crippen LogP contribution in [0.15, 0.2) is 23.4 Å². The molecule has 2 aliphatic heterocycles. The van der Waals surface area contributed by atoms with Gasteiger partial charge in [0, 0.05) is 30.7 Å². The van der Waals surface area contributed by atoms with Crippen molar-refractivity contribution in [3.63, 3.8) is 0 Å². The van der Waals surface area contributed by atoms with Gasteiger partial charge in [-0.25, -0.2) is 23.4 Å². The molecule has 2 aromatic heterocycles. The Kier molecular flexibility index (Phi) is 8.96. The molecule has 14 heteroatoms. The van der Waals surface area contributed by atoms with Crippen LogP contribution in [0, 0.1) is 11.6 Å². The summed E-state index contributed by atoms with van der Waals surface area (Å²) in [7, 11) is 0. The van der Waals surface area contributed by atoms with Crippen molar-refractivity contribution < 1.29 is 32.5 Å². The molecule has 3 aromatic rings. The third-order valence-electron chi connectivity index (χ3n) is 8.78. The fraction of sp³-hybridized carbons (Fsp3) is 0.677. The van der Waals surface area contributed by atoms with Gasteiger partial charge in [0.1, 0.15) is 12.2 Å². The third kappa shape index (κ3) is 6.68. The number of aromatic nitrogens is 5. The molecule has 7 atom stereocenters. The van der Waals surface area contributed by atoms with E-state index in [2.05, 4.69) is 22.6 Å². The van der Waals surface area contributed by atoms with Gasteiger partial charge < -0.3 is 29.0 Å². The smallest absolute Gasteiger partial charge is 0.191 e. The summed E-state index contributed by atoms with van der Waals surface area (Å²) in [5, 5.41) is 13.2. The molecule has 244 valence electrons. The third-order valence-corrected chi connectivity index (χ3v) is 9.83. The molecule has 1 N–H and O–H groups in total. The van der Waals surface area contributed by atoms with Crippen molar-refractivity contribution in [3.8, 4) is 0 Å². The van der Waals surface area contributed by atoms with E-state index in [1.165, 1.54) is 12.1 Å². The number of anilines is 1. The minimum Gasteiger partial charge on any atom is -0.373 e. The Balaban J connectivity index is 1.11. The number of hydrogen-bond donors (Lipinski definition) is 1. The summed E-state index contributed by atoms with van der Waals surface area (Å²) in [4.78, 5) is 9.69. The van der Waals surface area contributed by atoms with Crippen molar-refractivity contribution in [2.75, 3.05) is 30.9 Å². The van der Waals surface area contributed by atoms with Crippen molar-refractivity contribution in [3.05, 3.63) is 35.4 Å². The second kappa shape index (κ2) is 13.0. The Bertz CT molecular complexity index is 1510. The molecule has 0 radical (unpaired) electrons. The van der Waals surface area contributed by atoms with Gasteiger partial charge in [0.2, 0.25) is 0 Å². The lowest BCUT2D eigenvalue weighted by Gasteiger charge is -2.25. The largest absolute Gasteiger partial charge is 0.373 e. The van der Waals surface area contributed by atoms with Crippen LogP contribution >= 0.6 is 11.8 Å². The van der Waals surface area contributed by atoms with Gasteiger partial charge in [0.05, 0.1) is 25.4 Å². The predicted octanol–water partition coefficient (Wildman–Crippen LogP) is 5.36. The number of rotatable bonds is 12. The van der Waals surface area contributed by atoms with Crippen molar-refractivity contribution in [1.29, 1.82) is 0 Å². The maximum atomic E-state index is 13.9. The average Bonchev–Trinajstić information content (AvgIpc) is 3.36. The number of thioether (sulfide) groups is 1. The second-order valence-electron chi connectivity index (χ2n) is 12.6. The molecule has 3 unspecified atom stereocenters. The standard InChI is InChI=1S/C31H40F2N6O5S/c1-4-13-45-30-35-28(34-21-15-18(21)17-8-9-19(32)20(33)14-17)25-29(36-30)39(38-37-25)22-16-23(27-26(22)43-31(2,3)44-27)40-11-12-42-24-7-5-6-10-41-24/h8-9,14,18,21-24,26-27H,4-7,10-13,15-16H2,1-3H3,(H,34,35,36)/t18-,21?,22?,23-,24?,26-,27+/m0/s1. The molecule has 2 saturated heterocycles. The summed E-state index contributed by atoms with van der Waals surface area (Å²) in [5.74, 6) is -0.985. The Morgan fingerprint density at radius 3 is 2.71 bits per heavy atom. The van der Waals surface area contributed by atoms with Gasteiger partial charge in [-0.3, -0.25) is 0 Å². The fourth-order valence-electron chi connectivity index (χ4n) is 6.57.